The number of sulfonamides is 1. The summed E-state index contributed by atoms with van der Waals surface area (Å²) >= 11 is 3.28. The molecule has 26 heavy (non-hydrogen) atoms. The van der Waals surface area contributed by atoms with E-state index in [2.05, 4.69) is 20.7 Å². The summed E-state index contributed by atoms with van der Waals surface area (Å²) in [6.45, 7) is 0.360. The minimum absolute atomic E-state index is 0.0834. The lowest BCUT2D eigenvalue weighted by Gasteiger charge is -2.12. The molecule has 0 unspecified atom stereocenters. The minimum atomic E-state index is -3.70. The third-order valence-electron chi connectivity index (χ3n) is 3.80. The Morgan fingerprint density at radius 1 is 1.00 bits per heavy atom. The van der Waals surface area contributed by atoms with Crippen molar-refractivity contribution in [1.29, 1.82) is 0 Å². The predicted octanol–water partition coefficient (Wildman–Crippen LogP) is 3.97. The van der Waals surface area contributed by atoms with Crippen LogP contribution in [0.2, 0.25) is 0 Å². The second-order valence-corrected chi connectivity index (χ2v) is 8.20. The topological polar surface area (TPSA) is 64.6 Å². The van der Waals surface area contributed by atoms with Crippen molar-refractivity contribution in [2.24, 2.45) is 0 Å². The number of nitrogens with one attached hydrogen (secondary N) is 1. The highest BCUT2D eigenvalue weighted by atomic mass is 79.9. The molecule has 0 aliphatic heterocycles. The molecule has 0 saturated carbocycles. The van der Waals surface area contributed by atoms with Gasteiger partial charge in [0, 0.05) is 11.0 Å². The van der Waals surface area contributed by atoms with Gasteiger partial charge in [0.15, 0.2) is 0 Å². The van der Waals surface area contributed by atoms with Crippen molar-refractivity contribution in [3.63, 3.8) is 0 Å². The molecule has 136 valence electrons. The van der Waals surface area contributed by atoms with Gasteiger partial charge in [0.25, 0.3) is 0 Å². The van der Waals surface area contributed by atoms with Crippen molar-refractivity contribution < 1.29 is 17.9 Å². The van der Waals surface area contributed by atoms with Crippen molar-refractivity contribution in [2.45, 2.75) is 4.90 Å². The van der Waals surface area contributed by atoms with Crippen LogP contribution in [-0.2, 0) is 10.0 Å². The molecule has 0 spiro atoms. The molecule has 3 aromatic rings. The van der Waals surface area contributed by atoms with E-state index in [9.17, 15) is 8.42 Å². The first-order valence-electron chi connectivity index (χ1n) is 7.94. The standard InChI is InChI=1S/C19H18BrNO4S/c1-24-18-9-7-16(20)13-19(18)26(22,23)21-10-11-25-17-8-6-14-4-2-3-5-15(14)12-17/h2-9,12-13,21H,10-11H2,1H3. The molecule has 0 heterocycles. The first kappa shape index (κ1) is 18.7. The molecule has 0 aromatic heterocycles. The average Bonchev–Trinajstić information content (AvgIpc) is 2.65. The van der Waals surface area contributed by atoms with Crippen LogP contribution in [0.5, 0.6) is 11.5 Å². The molecule has 0 aliphatic rings. The Labute approximate surface area is 161 Å². The molecular weight excluding hydrogens is 418 g/mol. The summed E-state index contributed by atoms with van der Waals surface area (Å²) in [6, 6.07) is 18.6. The summed E-state index contributed by atoms with van der Waals surface area (Å²) < 4.78 is 38.9. The maximum absolute atomic E-state index is 12.5. The highest BCUT2D eigenvalue weighted by Gasteiger charge is 2.19. The summed E-state index contributed by atoms with van der Waals surface area (Å²) in [5.74, 6) is 0.985. The Bertz CT molecular complexity index is 1020. The maximum Gasteiger partial charge on any atom is 0.244 e. The minimum Gasteiger partial charge on any atom is -0.495 e. The second-order valence-electron chi connectivity index (χ2n) is 5.55. The average molecular weight is 436 g/mol. The van der Waals surface area contributed by atoms with Gasteiger partial charge in [-0.1, -0.05) is 46.3 Å². The van der Waals surface area contributed by atoms with E-state index in [1.54, 1.807) is 12.1 Å². The third-order valence-corrected chi connectivity index (χ3v) is 5.77. The molecule has 0 fully saturated rings. The van der Waals surface area contributed by atoms with Crippen LogP contribution in [0.1, 0.15) is 0 Å². The van der Waals surface area contributed by atoms with Crippen LogP contribution in [0.15, 0.2) is 70.0 Å². The quantitative estimate of drug-likeness (QED) is 0.570. The van der Waals surface area contributed by atoms with Gasteiger partial charge in [-0.15, -0.1) is 0 Å². The fourth-order valence-electron chi connectivity index (χ4n) is 2.54. The zero-order valence-electron chi connectivity index (χ0n) is 14.1. The summed E-state index contributed by atoms with van der Waals surface area (Å²) in [5, 5.41) is 2.20. The van der Waals surface area contributed by atoms with Gasteiger partial charge in [-0.2, -0.15) is 0 Å². The highest BCUT2D eigenvalue weighted by Crippen LogP contribution is 2.27. The van der Waals surface area contributed by atoms with Crippen LogP contribution in [0.25, 0.3) is 10.8 Å². The molecule has 0 aliphatic carbocycles. The Morgan fingerprint density at radius 2 is 1.77 bits per heavy atom. The van der Waals surface area contributed by atoms with Crippen molar-refractivity contribution in [3.05, 3.63) is 65.1 Å². The van der Waals surface area contributed by atoms with Crippen LogP contribution in [-0.4, -0.2) is 28.7 Å². The van der Waals surface area contributed by atoms with Gasteiger partial charge < -0.3 is 9.47 Å². The number of ether oxygens (including phenoxy) is 2. The van der Waals surface area contributed by atoms with E-state index in [-0.39, 0.29) is 23.8 Å². The van der Waals surface area contributed by atoms with Crippen LogP contribution in [0.4, 0.5) is 0 Å². The zero-order chi connectivity index (χ0) is 18.6. The zero-order valence-corrected chi connectivity index (χ0v) is 16.5. The number of halogens is 1. The summed E-state index contributed by atoms with van der Waals surface area (Å²) in [7, 11) is -2.26. The maximum atomic E-state index is 12.5. The van der Waals surface area contributed by atoms with Crippen LogP contribution in [0.3, 0.4) is 0 Å². The Kier molecular flexibility index (Phi) is 5.80. The number of methoxy groups -OCH3 is 1. The molecule has 3 aromatic carbocycles. The van der Waals surface area contributed by atoms with Gasteiger partial charge >= 0.3 is 0 Å². The predicted molar refractivity (Wildman–Crippen MR) is 105 cm³/mol. The van der Waals surface area contributed by atoms with E-state index >= 15 is 0 Å². The van der Waals surface area contributed by atoms with Gasteiger partial charge in [-0.05, 0) is 41.1 Å². The van der Waals surface area contributed by atoms with E-state index in [0.29, 0.717) is 10.2 Å². The number of fused-ring (bicyclic) bond motifs is 1. The van der Waals surface area contributed by atoms with E-state index in [0.717, 1.165) is 10.8 Å². The Balaban J connectivity index is 1.62. The summed E-state index contributed by atoms with van der Waals surface area (Å²) in [6.07, 6.45) is 0. The molecule has 0 bridgehead atoms. The van der Waals surface area contributed by atoms with Crippen LogP contribution < -0.4 is 14.2 Å². The third kappa shape index (κ3) is 4.35. The molecule has 0 radical (unpaired) electrons. The van der Waals surface area contributed by atoms with Crippen LogP contribution >= 0.6 is 15.9 Å². The van der Waals surface area contributed by atoms with Gasteiger partial charge in [0.2, 0.25) is 10.0 Å². The SMILES string of the molecule is COc1ccc(Br)cc1S(=O)(=O)NCCOc1ccc2ccccc2c1. The van der Waals surface area contributed by atoms with E-state index in [1.807, 2.05) is 42.5 Å². The van der Waals surface area contributed by atoms with E-state index in [1.165, 1.54) is 13.2 Å². The van der Waals surface area contributed by atoms with Gasteiger partial charge in [-0.25, -0.2) is 13.1 Å². The summed E-state index contributed by atoms with van der Waals surface area (Å²) in [4.78, 5) is 0.0834. The Morgan fingerprint density at radius 3 is 2.54 bits per heavy atom. The van der Waals surface area contributed by atoms with Gasteiger partial charge in [0.1, 0.15) is 23.0 Å². The highest BCUT2D eigenvalue weighted by molar-refractivity contribution is 9.10. The lowest BCUT2D eigenvalue weighted by molar-refractivity contribution is 0.323. The number of rotatable bonds is 7. The molecular formula is C19H18BrNO4S. The first-order valence-corrected chi connectivity index (χ1v) is 10.2. The number of benzene rings is 3. The van der Waals surface area contributed by atoms with Gasteiger partial charge in [0.05, 0.1) is 7.11 Å². The van der Waals surface area contributed by atoms with E-state index in [4.69, 9.17) is 9.47 Å². The molecule has 3 rings (SSSR count). The van der Waals surface area contributed by atoms with Crippen molar-refractivity contribution in [3.8, 4) is 11.5 Å². The fraction of sp³-hybridized carbons (Fsp3) is 0.158. The molecule has 7 heteroatoms. The molecule has 0 atom stereocenters. The smallest absolute Gasteiger partial charge is 0.244 e. The molecule has 1 N–H and O–H groups in total. The summed E-state index contributed by atoms with van der Waals surface area (Å²) in [5.41, 5.74) is 0. The number of hydrogen-bond donors (Lipinski definition) is 1. The van der Waals surface area contributed by atoms with Crippen molar-refractivity contribution in [2.75, 3.05) is 20.3 Å². The van der Waals surface area contributed by atoms with Crippen molar-refractivity contribution in [1.82, 2.24) is 4.72 Å². The lowest BCUT2D eigenvalue weighted by atomic mass is 10.1. The first-order chi connectivity index (χ1) is 12.5. The molecule has 0 amide bonds. The lowest BCUT2D eigenvalue weighted by Crippen LogP contribution is -2.28. The van der Waals surface area contributed by atoms with E-state index < -0.39 is 10.0 Å². The second kappa shape index (κ2) is 8.07. The van der Waals surface area contributed by atoms with Gasteiger partial charge in [-0.3, -0.25) is 0 Å². The monoisotopic (exact) mass is 435 g/mol. The fourth-order valence-corrected chi connectivity index (χ4v) is 4.26. The van der Waals surface area contributed by atoms with Crippen molar-refractivity contribution >= 4 is 36.7 Å². The van der Waals surface area contributed by atoms with Crippen LogP contribution in [0, 0.1) is 0 Å². The molecule has 5 nitrogen and oxygen atoms in total. The normalized spacial score (nSPS) is 11.5. The molecule has 0 saturated heterocycles. The largest absolute Gasteiger partial charge is 0.495 e. The number of hydrogen-bond acceptors (Lipinski definition) is 4. The Hall–Kier alpha value is -2.09.